The van der Waals surface area contributed by atoms with Crippen molar-refractivity contribution in [1.82, 2.24) is 10.6 Å². The van der Waals surface area contributed by atoms with E-state index in [9.17, 15) is 9.59 Å². The molecule has 0 saturated carbocycles. The Morgan fingerprint density at radius 2 is 1.82 bits per heavy atom. The minimum Gasteiger partial charge on any atom is -0.375 e. The predicted molar refractivity (Wildman–Crippen MR) is 90.2 cm³/mol. The molecule has 1 rings (SSSR count). The minimum absolute atomic E-state index is 0.0328. The summed E-state index contributed by atoms with van der Waals surface area (Å²) in [6, 6.07) is 7.63. The van der Waals surface area contributed by atoms with E-state index in [1.165, 1.54) is 0 Å². The summed E-state index contributed by atoms with van der Waals surface area (Å²) in [7, 11) is 2.00. The second kappa shape index (κ2) is 9.07. The Labute approximate surface area is 133 Å². The van der Waals surface area contributed by atoms with Gasteiger partial charge in [0.1, 0.15) is 0 Å². The Kier molecular flexibility index (Phi) is 7.43. The van der Waals surface area contributed by atoms with Gasteiger partial charge in [0.05, 0.1) is 0 Å². The number of hydrogen-bond donors (Lipinski definition) is 2. The molecule has 5 nitrogen and oxygen atoms in total. The van der Waals surface area contributed by atoms with Crippen molar-refractivity contribution in [2.24, 2.45) is 0 Å². The topological polar surface area (TPSA) is 61.4 Å². The number of benzene rings is 1. The summed E-state index contributed by atoms with van der Waals surface area (Å²) in [4.78, 5) is 25.7. The van der Waals surface area contributed by atoms with E-state index in [0.29, 0.717) is 18.5 Å². The lowest BCUT2D eigenvalue weighted by atomic mass is 10.2. The van der Waals surface area contributed by atoms with Gasteiger partial charge >= 0.3 is 0 Å². The normalized spacial score (nSPS) is 11.6. The molecule has 0 unspecified atom stereocenters. The molecule has 0 fully saturated rings. The fourth-order valence-electron chi connectivity index (χ4n) is 1.89. The van der Waals surface area contributed by atoms with Crippen LogP contribution in [0.5, 0.6) is 0 Å². The van der Waals surface area contributed by atoms with Gasteiger partial charge in [-0.15, -0.1) is 0 Å². The van der Waals surface area contributed by atoms with Crippen LogP contribution in [0.4, 0.5) is 5.69 Å². The first-order chi connectivity index (χ1) is 10.5. The van der Waals surface area contributed by atoms with Crippen molar-refractivity contribution < 1.29 is 9.59 Å². The summed E-state index contributed by atoms with van der Waals surface area (Å²) in [6.07, 6.45) is 1.20. The lowest BCUT2D eigenvalue weighted by Crippen LogP contribution is -2.35. The third-order valence-corrected chi connectivity index (χ3v) is 3.70. The molecule has 0 saturated heterocycles. The molecule has 0 spiro atoms. The number of nitrogens with zero attached hydrogens (tertiary/aromatic N) is 1. The first-order valence-corrected chi connectivity index (χ1v) is 7.86. The fraction of sp³-hybridized carbons (Fsp3) is 0.529. The summed E-state index contributed by atoms with van der Waals surface area (Å²) in [5.41, 5.74) is 1.68. The molecule has 0 aliphatic heterocycles. The van der Waals surface area contributed by atoms with Crippen LogP contribution >= 0.6 is 0 Å². The van der Waals surface area contributed by atoms with Gasteiger partial charge in [-0.2, -0.15) is 0 Å². The number of nitrogens with one attached hydrogen (secondary N) is 2. The first kappa shape index (κ1) is 18.0. The van der Waals surface area contributed by atoms with Gasteiger partial charge in [0.15, 0.2) is 0 Å². The summed E-state index contributed by atoms with van der Waals surface area (Å²) in [5.74, 6) is -0.184. The number of anilines is 1. The predicted octanol–water partition coefficient (Wildman–Crippen LogP) is 2.18. The van der Waals surface area contributed by atoms with Gasteiger partial charge in [0, 0.05) is 43.9 Å². The zero-order chi connectivity index (χ0) is 16.5. The molecule has 5 heteroatoms. The van der Waals surface area contributed by atoms with Gasteiger partial charge in [-0.25, -0.2) is 0 Å². The third-order valence-electron chi connectivity index (χ3n) is 3.70. The number of rotatable bonds is 8. The van der Waals surface area contributed by atoms with E-state index < -0.39 is 0 Å². The van der Waals surface area contributed by atoms with Crippen LogP contribution in [-0.4, -0.2) is 38.0 Å². The van der Waals surface area contributed by atoms with E-state index in [2.05, 4.69) is 22.5 Å². The van der Waals surface area contributed by atoms with E-state index in [0.717, 1.165) is 18.7 Å². The lowest BCUT2D eigenvalue weighted by molar-refractivity contribution is -0.121. The highest BCUT2D eigenvalue weighted by Crippen LogP contribution is 2.13. The van der Waals surface area contributed by atoms with Crippen LogP contribution in [0.3, 0.4) is 0 Å². The van der Waals surface area contributed by atoms with Crippen molar-refractivity contribution >= 4 is 17.5 Å². The average molecular weight is 305 g/mol. The largest absolute Gasteiger partial charge is 0.375 e. The molecule has 1 atom stereocenters. The van der Waals surface area contributed by atoms with E-state index in [1.54, 1.807) is 12.1 Å². The summed E-state index contributed by atoms with van der Waals surface area (Å²) in [6.45, 7) is 7.32. The number of carbonyl (C=O) groups excluding carboxylic acids is 2. The highest BCUT2D eigenvalue weighted by Gasteiger charge is 2.08. The molecular formula is C17H27N3O2. The molecule has 22 heavy (non-hydrogen) atoms. The van der Waals surface area contributed by atoms with Gasteiger partial charge in [0.25, 0.3) is 5.91 Å². The van der Waals surface area contributed by atoms with E-state index in [1.807, 2.05) is 33.0 Å². The molecule has 1 aromatic rings. The number of hydrogen-bond acceptors (Lipinski definition) is 3. The number of carbonyl (C=O) groups is 2. The molecular weight excluding hydrogens is 278 g/mol. The Morgan fingerprint density at radius 3 is 2.36 bits per heavy atom. The summed E-state index contributed by atoms with van der Waals surface area (Å²) in [5, 5.41) is 5.64. The van der Waals surface area contributed by atoms with Crippen LogP contribution in [0.15, 0.2) is 24.3 Å². The molecule has 0 bridgehead atoms. The standard InChI is InChI=1S/C17H27N3O2/c1-5-13(3)19-16(21)11-12-18-17(22)14-7-9-15(10-8-14)20(4)6-2/h7-10,13H,5-6,11-12H2,1-4H3,(H,18,22)(H,19,21)/t13-/m1/s1. The number of amides is 2. The van der Waals surface area contributed by atoms with Crippen molar-refractivity contribution in [1.29, 1.82) is 0 Å². The van der Waals surface area contributed by atoms with Crippen LogP contribution in [0, 0.1) is 0 Å². The van der Waals surface area contributed by atoms with Crippen molar-refractivity contribution in [3.63, 3.8) is 0 Å². The van der Waals surface area contributed by atoms with Crippen LogP contribution in [0.1, 0.15) is 44.0 Å². The van der Waals surface area contributed by atoms with Crippen LogP contribution in [0.2, 0.25) is 0 Å². The summed E-state index contributed by atoms with van der Waals surface area (Å²) < 4.78 is 0. The Bertz CT molecular complexity index is 485. The highest BCUT2D eigenvalue weighted by atomic mass is 16.2. The van der Waals surface area contributed by atoms with Crippen molar-refractivity contribution in [3.8, 4) is 0 Å². The Morgan fingerprint density at radius 1 is 1.18 bits per heavy atom. The van der Waals surface area contributed by atoms with E-state index in [-0.39, 0.29) is 17.9 Å². The van der Waals surface area contributed by atoms with Gasteiger partial charge in [-0.3, -0.25) is 9.59 Å². The SMILES string of the molecule is CC[C@@H](C)NC(=O)CCNC(=O)c1ccc(N(C)CC)cc1. The summed E-state index contributed by atoms with van der Waals surface area (Å²) >= 11 is 0. The van der Waals surface area contributed by atoms with E-state index in [4.69, 9.17) is 0 Å². The second-order valence-electron chi connectivity index (χ2n) is 5.44. The van der Waals surface area contributed by atoms with Gasteiger partial charge < -0.3 is 15.5 Å². The third kappa shape index (κ3) is 5.76. The quantitative estimate of drug-likeness (QED) is 0.774. The maximum Gasteiger partial charge on any atom is 0.251 e. The highest BCUT2D eigenvalue weighted by molar-refractivity contribution is 5.94. The van der Waals surface area contributed by atoms with Gasteiger partial charge in [-0.05, 0) is 44.5 Å². The molecule has 0 radical (unpaired) electrons. The second-order valence-corrected chi connectivity index (χ2v) is 5.44. The molecule has 0 aromatic heterocycles. The molecule has 2 amide bonds. The van der Waals surface area contributed by atoms with Gasteiger partial charge in [0.2, 0.25) is 5.91 Å². The zero-order valence-corrected chi connectivity index (χ0v) is 14.0. The molecule has 122 valence electrons. The monoisotopic (exact) mass is 305 g/mol. The van der Waals surface area contributed by atoms with Crippen LogP contribution < -0.4 is 15.5 Å². The lowest BCUT2D eigenvalue weighted by Gasteiger charge is -2.16. The molecule has 0 aliphatic rings. The van der Waals surface area contributed by atoms with Crippen LogP contribution in [0.25, 0.3) is 0 Å². The molecule has 1 aromatic carbocycles. The fourth-order valence-corrected chi connectivity index (χ4v) is 1.89. The Balaban J connectivity index is 2.41. The maximum atomic E-state index is 12.0. The van der Waals surface area contributed by atoms with Gasteiger partial charge in [-0.1, -0.05) is 6.92 Å². The van der Waals surface area contributed by atoms with Crippen molar-refractivity contribution in [2.75, 3.05) is 25.0 Å². The zero-order valence-electron chi connectivity index (χ0n) is 14.0. The average Bonchev–Trinajstić information content (AvgIpc) is 2.53. The van der Waals surface area contributed by atoms with Crippen LogP contribution in [-0.2, 0) is 4.79 Å². The molecule has 0 heterocycles. The van der Waals surface area contributed by atoms with E-state index >= 15 is 0 Å². The Hall–Kier alpha value is -2.04. The maximum absolute atomic E-state index is 12.0. The van der Waals surface area contributed by atoms with Crippen molar-refractivity contribution in [3.05, 3.63) is 29.8 Å². The van der Waals surface area contributed by atoms with Crippen molar-refractivity contribution in [2.45, 2.75) is 39.7 Å². The molecule has 2 N–H and O–H groups in total. The minimum atomic E-state index is -0.151. The smallest absolute Gasteiger partial charge is 0.251 e. The first-order valence-electron chi connectivity index (χ1n) is 7.86. The molecule has 0 aliphatic carbocycles.